The number of allylic oxidation sites excluding steroid dienone is 1. The van der Waals surface area contributed by atoms with Crippen molar-refractivity contribution in [3.8, 4) is 0 Å². The summed E-state index contributed by atoms with van der Waals surface area (Å²) in [4.78, 5) is 6.81. The van der Waals surface area contributed by atoms with Crippen molar-refractivity contribution in [1.82, 2.24) is 9.97 Å². The zero-order valence-electron chi connectivity index (χ0n) is 17.5. The number of aliphatic hydroxyl groups is 1. The molecule has 0 bridgehead atoms. The van der Waals surface area contributed by atoms with Crippen LogP contribution in [-0.2, 0) is 6.42 Å². The van der Waals surface area contributed by atoms with Crippen LogP contribution in [0.1, 0.15) is 36.1 Å². The molecule has 5 aromatic rings. The van der Waals surface area contributed by atoms with Crippen molar-refractivity contribution in [2.24, 2.45) is 0 Å². The molecule has 156 valence electrons. The molecule has 0 aliphatic heterocycles. The first kappa shape index (κ1) is 19.9. The highest BCUT2D eigenvalue weighted by atomic mass is 35.5. The largest absolute Gasteiger partial charge is 0.396 e. The number of nitrogens with one attached hydrogen (secondary N) is 2. The summed E-state index contributed by atoms with van der Waals surface area (Å²) in [5.41, 5.74) is 7.32. The van der Waals surface area contributed by atoms with Gasteiger partial charge in [0.2, 0.25) is 0 Å². The normalized spacial score (nSPS) is 13.9. The number of aryl methyl sites for hydroxylation is 1. The Morgan fingerprint density at radius 2 is 1.71 bits per heavy atom. The minimum Gasteiger partial charge on any atom is -0.396 e. The minimum atomic E-state index is 0.186. The maximum absolute atomic E-state index is 9.19. The number of aromatic amines is 2. The Balaban J connectivity index is 0.000000134. The fourth-order valence-electron chi connectivity index (χ4n) is 4.37. The van der Waals surface area contributed by atoms with Crippen molar-refractivity contribution < 1.29 is 5.11 Å². The first-order chi connectivity index (χ1) is 15.1. The van der Waals surface area contributed by atoms with Gasteiger partial charge in [0.1, 0.15) is 0 Å². The van der Waals surface area contributed by atoms with Crippen LogP contribution < -0.4 is 0 Å². The Labute approximate surface area is 186 Å². The molecule has 0 saturated carbocycles. The van der Waals surface area contributed by atoms with Gasteiger partial charge in [0.25, 0.3) is 0 Å². The number of H-pyrrole nitrogens is 2. The third kappa shape index (κ3) is 3.76. The van der Waals surface area contributed by atoms with E-state index in [1.165, 1.54) is 38.5 Å². The van der Waals surface area contributed by atoms with Gasteiger partial charge < -0.3 is 15.1 Å². The van der Waals surface area contributed by atoms with Crippen LogP contribution in [-0.4, -0.2) is 21.7 Å². The number of hydrogen-bond donors (Lipinski definition) is 3. The molecule has 4 heteroatoms. The van der Waals surface area contributed by atoms with E-state index >= 15 is 0 Å². The second-order valence-corrected chi connectivity index (χ2v) is 8.64. The van der Waals surface area contributed by atoms with Gasteiger partial charge in [-0.2, -0.15) is 0 Å². The number of halogens is 1. The van der Waals surface area contributed by atoms with Gasteiger partial charge in [0, 0.05) is 56.0 Å². The highest BCUT2D eigenvalue weighted by Gasteiger charge is 2.11. The van der Waals surface area contributed by atoms with E-state index in [0.29, 0.717) is 0 Å². The number of aromatic nitrogens is 2. The molecular weight excluding hydrogens is 404 g/mol. The predicted molar refractivity (Wildman–Crippen MR) is 132 cm³/mol. The van der Waals surface area contributed by atoms with Crippen LogP contribution in [0.2, 0.25) is 5.02 Å². The Morgan fingerprint density at radius 3 is 2.58 bits per heavy atom. The van der Waals surface area contributed by atoms with Crippen LogP contribution in [0.5, 0.6) is 0 Å². The van der Waals surface area contributed by atoms with Crippen molar-refractivity contribution in [3.05, 3.63) is 88.6 Å². The first-order valence-electron chi connectivity index (χ1n) is 10.7. The molecule has 1 aliphatic rings. The quantitative estimate of drug-likeness (QED) is 0.273. The molecule has 2 heterocycles. The van der Waals surface area contributed by atoms with Gasteiger partial charge in [-0.25, -0.2) is 0 Å². The molecule has 0 spiro atoms. The molecule has 6 rings (SSSR count). The number of aliphatic hydroxyl groups excluding tert-OH is 1. The average molecular weight is 429 g/mol. The number of benzene rings is 3. The van der Waals surface area contributed by atoms with Crippen LogP contribution in [0.25, 0.3) is 38.8 Å². The molecule has 0 amide bonds. The number of fused-ring (bicyclic) bond motifs is 6. The van der Waals surface area contributed by atoms with Gasteiger partial charge in [0.15, 0.2) is 0 Å². The van der Waals surface area contributed by atoms with E-state index in [0.717, 1.165) is 28.9 Å². The highest BCUT2D eigenvalue weighted by molar-refractivity contribution is 6.31. The molecule has 0 saturated heterocycles. The second kappa shape index (κ2) is 8.26. The zero-order chi connectivity index (χ0) is 21.4. The third-order valence-electron chi connectivity index (χ3n) is 6.12. The monoisotopic (exact) mass is 428 g/mol. The van der Waals surface area contributed by atoms with E-state index in [1.807, 2.05) is 31.2 Å². The molecule has 3 aromatic carbocycles. The van der Waals surface area contributed by atoms with Gasteiger partial charge >= 0.3 is 0 Å². The molecule has 31 heavy (non-hydrogen) atoms. The summed E-state index contributed by atoms with van der Waals surface area (Å²) in [6.45, 7) is 2.22. The Bertz CT molecular complexity index is 1410. The average Bonchev–Trinajstić information content (AvgIpc) is 3.36. The molecule has 1 aliphatic carbocycles. The summed E-state index contributed by atoms with van der Waals surface area (Å²) in [7, 11) is 0. The van der Waals surface area contributed by atoms with Gasteiger partial charge in [-0.1, -0.05) is 54.9 Å². The fourth-order valence-corrected chi connectivity index (χ4v) is 4.54. The molecule has 0 fully saturated rings. The SMILES string of the molecule is CC(CO)c1ccc2c(c1)[nH]c1ccccc12.Clc1ccc2[nH]c3c(c2c1)CCC=C3. The zero-order valence-corrected chi connectivity index (χ0v) is 18.2. The lowest BCUT2D eigenvalue weighted by Crippen LogP contribution is -1.98. The van der Waals surface area contributed by atoms with E-state index in [-0.39, 0.29) is 12.5 Å². The van der Waals surface area contributed by atoms with Crippen LogP contribution in [0, 0.1) is 0 Å². The topological polar surface area (TPSA) is 51.8 Å². The summed E-state index contributed by atoms with van der Waals surface area (Å²) >= 11 is 5.99. The molecule has 2 aromatic heterocycles. The van der Waals surface area contributed by atoms with Crippen molar-refractivity contribution in [2.75, 3.05) is 6.61 Å². The number of rotatable bonds is 2. The summed E-state index contributed by atoms with van der Waals surface area (Å²) in [5, 5.41) is 13.8. The maximum atomic E-state index is 9.19. The van der Waals surface area contributed by atoms with Gasteiger partial charge in [0.05, 0.1) is 0 Å². The van der Waals surface area contributed by atoms with E-state index in [9.17, 15) is 5.11 Å². The minimum absolute atomic E-state index is 0.186. The van der Waals surface area contributed by atoms with Crippen LogP contribution in [0.4, 0.5) is 0 Å². The lowest BCUT2D eigenvalue weighted by molar-refractivity contribution is 0.273. The lowest BCUT2D eigenvalue weighted by atomic mass is 10.0. The predicted octanol–water partition coefficient (Wildman–Crippen LogP) is 7.20. The molecule has 0 radical (unpaired) electrons. The van der Waals surface area contributed by atoms with E-state index in [4.69, 9.17) is 11.6 Å². The summed E-state index contributed by atoms with van der Waals surface area (Å²) in [6.07, 6.45) is 6.62. The van der Waals surface area contributed by atoms with Crippen molar-refractivity contribution in [3.63, 3.8) is 0 Å². The molecule has 3 nitrogen and oxygen atoms in total. The lowest BCUT2D eigenvalue weighted by Gasteiger charge is -2.07. The molecule has 1 atom stereocenters. The van der Waals surface area contributed by atoms with Crippen molar-refractivity contribution >= 4 is 50.4 Å². The standard InChI is InChI=1S/C15H15NO.C12H10ClN/c1-10(9-17)11-6-7-13-12-4-2-3-5-14(12)16-15(13)8-11;13-8-5-6-12-10(7-8)9-3-1-2-4-11(9)14-12/h2-8,10,16-17H,9H2,1H3;2,4-7,14H,1,3H2. The highest BCUT2D eigenvalue weighted by Crippen LogP contribution is 2.30. The van der Waals surface area contributed by atoms with Crippen LogP contribution >= 0.6 is 11.6 Å². The van der Waals surface area contributed by atoms with Gasteiger partial charge in [-0.15, -0.1) is 0 Å². The molecule has 1 unspecified atom stereocenters. The van der Waals surface area contributed by atoms with Gasteiger partial charge in [-0.3, -0.25) is 0 Å². The summed E-state index contributed by atoms with van der Waals surface area (Å²) < 4.78 is 0. The fraction of sp³-hybridized carbons (Fsp3) is 0.185. The first-order valence-corrected chi connectivity index (χ1v) is 11.1. The summed E-state index contributed by atoms with van der Waals surface area (Å²) in [6, 6.07) is 20.7. The summed E-state index contributed by atoms with van der Waals surface area (Å²) in [5.74, 6) is 0.186. The maximum Gasteiger partial charge on any atom is 0.0497 e. The van der Waals surface area contributed by atoms with Crippen LogP contribution in [0.15, 0.2) is 66.7 Å². The van der Waals surface area contributed by atoms with Gasteiger partial charge in [-0.05, 0) is 60.4 Å². The van der Waals surface area contributed by atoms with Crippen molar-refractivity contribution in [1.29, 1.82) is 0 Å². The number of para-hydroxylation sites is 1. The molecular formula is C27H25ClN2O. The Hall–Kier alpha value is -3.01. The van der Waals surface area contributed by atoms with Crippen LogP contribution in [0.3, 0.4) is 0 Å². The van der Waals surface area contributed by atoms with E-state index < -0.39 is 0 Å². The van der Waals surface area contributed by atoms with E-state index in [1.54, 1.807) is 0 Å². The Morgan fingerprint density at radius 1 is 0.903 bits per heavy atom. The van der Waals surface area contributed by atoms with E-state index in [2.05, 4.69) is 58.5 Å². The van der Waals surface area contributed by atoms with Crippen molar-refractivity contribution in [2.45, 2.75) is 25.7 Å². The second-order valence-electron chi connectivity index (χ2n) is 8.21. The number of hydrogen-bond acceptors (Lipinski definition) is 1. The Kier molecular flexibility index (Phi) is 5.31. The third-order valence-corrected chi connectivity index (χ3v) is 6.35. The smallest absolute Gasteiger partial charge is 0.0497 e. The molecule has 3 N–H and O–H groups in total.